The van der Waals surface area contributed by atoms with Crippen molar-refractivity contribution in [2.45, 2.75) is 38.3 Å². The Morgan fingerprint density at radius 2 is 2.11 bits per heavy atom. The van der Waals surface area contributed by atoms with Crippen LogP contribution in [0.2, 0.25) is 0 Å². The maximum atomic E-state index is 12.2. The van der Waals surface area contributed by atoms with Gasteiger partial charge in [-0.15, -0.1) is 0 Å². The van der Waals surface area contributed by atoms with Crippen molar-refractivity contribution >= 4 is 11.9 Å². The molecule has 0 saturated carbocycles. The van der Waals surface area contributed by atoms with Gasteiger partial charge in [0.05, 0.1) is 12.5 Å². The Balaban J connectivity index is 2.71. The highest BCUT2D eigenvalue weighted by Gasteiger charge is 2.30. The van der Waals surface area contributed by atoms with Gasteiger partial charge in [0.25, 0.3) is 0 Å². The van der Waals surface area contributed by atoms with E-state index in [1.165, 1.54) is 0 Å². The number of hydrogen-bond acceptors (Lipinski definition) is 4. The minimum absolute atomic E-state index is 0.129. The fraction of sp³-hybridized carbons (Fsp3) is 0.833. The highest BCUT2D eigenvalue weighted by molar-refractivity contribution is 5.86. The summed E-state index contributed by atoms with van der Waals surface area (Å²) in [6, 6.07) is -0.801. The monoisotopic (exact) mass is 257 g/mol. The summed E-state index contributed by atoms with van der Waals surface area (Å²) in [6.45, 7) is 4.47. The van der Waals surface area contributed by atoms with E-state index in [4.69, 9.17) is 10.8 Å². The number of amides is 1. The molecule has 1 aliphatic heterocycles. The topological polar surface area (TPSA) is 86.9 Å². The largest absolute Gasteiger partial charge is 0.481 e. The molecule has 104 valence electrons. The highest BCUT2D eigenvalue weighted by atomic mass is 16.4. The second kappa shape index (κ2) is 6.70. The van der Waals surface area contributed by atoms with Crippen LogP contribution in [0.15, 0.2) is 0 Å². The Labute approximate surface area is 108 Å². The van der Waals surface area contributed by atoms with Gasteiger partial charge in [-0.2, -0.15) is 0 Å². The Hall–Kier alpha value is -1.14. The molecule has 6 heteroatoms. The molecule has 1 amide bonds. The van der Waals surface area contributed by atoms with Gasteiger partial charge in [0.2, 0.25) is 5.91 Å². The van der Waals surface area contributed by atoms with Crippen molar-refractivity contribution in [1.29, 1.82) is 0 Å². The van der Waals surface area contributed by atoms with Crippen LogP contribution in [0.3, 0.4) is 0 Å². The van der Waals surface area contributed by atoms with E-state index in [0.717, 1.165) is 25.9 Å². The molecule has 2 unspecified atom stereocenters. The summed E-state index contributed by atoms with van der Waals surface area (Å²) in [6.07, 6.45) is 1.45. The minimum atomic E-state index is -1.03. The van der Waals surface area contributed by atoms with Crippen LogP contribution in [0, 0.1) is 0 Å². The van der Waals surface area contributed by atoms with Crippen LogP contribution < -0.4 is 5.73 Å². The number of carboxylic acids is 1. The summed E-state index contributed by atoms with van der Waals surface area (Å²) >= 11 is 0. The van der Waals surface area contributed by atoms with E-state index in [1.54, 1.807) is 4.90 Å². The molecule has 0 aromatic carbocycles. The Kier molecular flexibility index (Phi) is 5.55. The van der Waals surface area contributed by atoms with Crippen LogP contribution in [-0.4, -0.2) is 65.5 Å². The number of aliphatic carboxylic acids is 1. The molecule has 0 aromatic rings. The molecule has 0 bridgehead atoms. The molecule has 0 aliphatic carbocycles. The number of likely N-dealkylation sites (N-methyl/N-ethyl adjacent to an activating group) is 1. The zero-order valence-electron chi connectivity index (χ0n) is 11.1. The fourth-order valence-corrected chi connectivity index (χ4v) is 2.37. The van der Waals surface area contributed by atoms with Crippen LogP contribution in [0.5, 0.6) is 0 Å². The summed E-state index contributed by atoms with van der Waals surface area (Å²) in [5.74, 6) is -1.27. The Morgan fingerprint density at radius 3 is 2.67 bits per heavy atom. The van der Waals surface area contributed by atoms with E-state index in [9.17, 15) is 9.59 Å². The molecular weight excluding hydrogens is 234 g/mol. The third-order valence-electron chi connectivity index (χ3n) is 3.37. The minimum Gasteiger partial charge on any atom is -0.481 e. The molecule has 0 aromatic heterocycles. The van der Waals surface area contributed by atoms with Crippen molar-refractivity contribution in [2.75, 3.05) is 26.7 Å². The number of rotatable bonds is 4. The van der Waals surface area contributed by atoms with Crippen LogP contribution in [-0.2, 0) is 9.59 Å². The number of hydrogen-bond donors (Lipinski definition) is 2. The van der Waals surface area contributed by atoms with E-state index < -0.39 is 12.0 Å². The molecule has 0 spiro atoms. The first kappa shape index (κ1) is 14.9. The van der Waals surface area contributed by atoms with Gasteiger partial charge in [-0.25, -0.2) is 0 Å². The third kappa shape index (κ3) is 3.96. The molecule has 0 radical (unpaired) electrons. The first-order valence-electron chi connectivity index (χ1n) is 6.42. The molecule has 1 rings (SSSR count). The summed E-state index contributed by atoms with van der Waals surface area (Å²) in [5, 5.41) is 8.69. The molecule has 3 N–H and O–H groups in total. The second-order valence-electron chi connectivity index (χ2n) is 4.91. The first-order chi connectivity index (χ1) is 8.45. The van der Waals surface area contributed by atoms with Crippen molar-refractivity contribution in [3.05, 3.63) is 0 Å². The lowest BCUT2D eigenvalue weighted by atomic mass is 10.1. The van der Waals surface area contributed by atoms with Crippen molar-refractivity contribution in [2.24, 2.45) is 5.73 Å². The number of carbonyl (C=O) groups is 2. The van der Waals surface area contributed by atoms with Gasteiger partial charge < -0.3 is 20.6 Å². The quantitative estimate of drug-likeness (QED) is 0.724. The van der Waals surface area contributed by atoms with Crippen LogP contribution in [0.1, 0.15) is 26.2 Å². The predicted octanol–water partition coefficient (Wildman–Crippen LogP) is -0.269. The molecule has 1 aliphatic rings. The van der Waals surface area contributed by atoms with Gasteiger partial charge in [0.15, 0.2) is 0 Å². The van der Waals surface area contributed by atoms with Gasteiger partial charge in [-0.3, -0.25) is 9.59 Å². The maximum absolute atomic E-state index is 12.2. The molecular formula is C12H23N3O3. The summed E-state index contributed by atoms with van der Waals surface area (Å²) < 4.78 is 0. The van der Waals surface area contributed by atoms with E-state index in [-0.39, 0.29) is 18.4 Å². The zero-order valence-corrected chi connectivity index (χ0v) is 11.1. The zero-order chi connectivity index (χ0) is 13.7. The molecule has 2 atom stereocenters. The SMILES string of the molecule is CCC1CN(C)CCCN1C(=O)C(N)CC(=O)O. The van der Waals surface area contributed by atoms with E-state index in [0.29, 0.717) is 6.54 Å². The number of carbonyl (C=O) groups excluding carboxylic acids is 1. The Morgan fingerprint density at radius 1 is 1.44 bits per heavy atom. The molecule has 6 nitrogen and oxygen atoms in total. The smallest absolute Gasteiger partial charge is 0.305 e. The number of nitrogens with two attached hydrogens (primary N) is 1. The Bertz CT molecular complexity index is 309. The van der Waals surface area contributed by atoms with E-state index >= 15 is 0 Å². The third-order valence-corrected chi connectivity index (χ3v) is 3.37. The molecule has 18 heavy (non-hydrogen) atoms. The highest BCUT2D eigenvalue weighted by Crippen LogP contribution is 2.13. The second-order valence-corrected chi connectivity index (χ2v) is 4.91. The summed E-state index contributed by atoms with van der Waals surface area (Å²) in [7, 11) is 2.04. The maximum Gasteiger partial charge on any atom is 0.305 e. The summed E-state index contributed by atoms with van der Waals surface area (Å²) in [4.78, 5) is 26.7. The standard InChI is InChI=1S/C12H23N3O3/c1-3-9-8-14(2)5-4-6-15(9)12(18)10(13)7-11(16)17/h9-10H,3-8,13H2,1-2H3,(H,16,17). The van der Waals surface area contributed by atoms with Crippen LogP contribution in [0.25, 0.3) is 0 Å². The number of carboxylic acid groups (broad SMARTS) is 1. The van der Waals surface area contributed by atoms with Crippen LogP contribution in [0.4, 0.5) is 0 Å². The van der Waals surface area contributed by atoms with Gasteiger partial charge in [-0.05, 0) is 26.4 Å². The molecule has 1 heterocycles. The van der Waals surface area contributed by atoms with E-state index in [1.807, 2.05) is 14.0 Å². The normalized spacial score (nSPS) is 23.5. The van der Waals surface area contributed by atoms with Crippen molar-refractivity contribution in [3.63, 3.8) is 0 Å². The van der Waals surface area contributed by atoms with Gasteiger partial charge in [0, 0.05) is 19.1 Å². The fourth-order valence-electron chi connectivity index (χ4n) is 2.37. The average molecular weight is 257 g/mol. The van der Waals surface area contributed by atoms with E-state index in [2.05, 4.69) is 4.90 Å². The summed E-state index contributed by atoms with van der Waals surface area (Å²) in [5.41, 5.74) is 5.67. The first-order valence-corrected chi connectivity index (χ1v) is 6.42. The lowest BCUT2D eigenvalue weighted by Crippen LogP contribution is -2.50. The predicted molar refractivity (Wildman–Crippen MR) is 68.1 cm³/mol. The van der Waals surface area contributed by atoms with Gasteiger partial charge in [-0.1, -0.05) is 6.92 Å². The molecule has 1 saturated heterocycles. The lowest BCUT2D eigenvalue weighted by Gasteiger charge is -2.32. The van der Waals surface area contributed by atoms with Crippen molar-refractivity contribution < 1.29 is 14.7 Å². The van der Waals surface area contributed by atoms with Gasteiger partial charge in [0.1, 0.15) is 0 Å². The van der Waals surface area contributed by atoms with Gasteiger partial charge >= 0.3 is 5.97 Å². The lowest BCUT2D eigenvalue weighted by molar-refractivity contribution is -0.142. The van der Waals surface area contributed by atoms with Crippen molar-refractivity contribution in [3.8, 4) is 0 Å². The molecule has 1 fully saturated rings. The van der Waals surface area contributed by atoms with Crippen LogP contribution >= 0.6 is 0 Å². The number of nitrogens with zero attached hydrogens (tertiary/aromatic N) is 2. The van der Waals surface area contributed by atoms with Crippen molar-refractivity contribution in [1.82, 2.24) is 9.80 Å². The average Bonchev–Trinajstić information content (AvgIpc) is 2.48.